The molecule has 1 nitrogen and oxygen atoms in total. The first-order chi connectivity index (χ1) is 5.69. The van der Waals surface area contributed by atoms with Crippen LogP contribution in [0.3, 0.4) is 0 Å². The highest BCUT2D eigenvalue weighted by molar-refractivity contribution is 6.37. The average Bonchev–Trinajstić information content (AvgIpc) is 2.03. The summed E-state index contributed by atoms with van der Waals surface area (Å²) in [5, 5.41) is 1.000. The zero-order valence-corrected chi connectivity index (χ0v) is 8.12. The Kier molecular flexibility index (Phi) is 3.01. The lowest BCUT2D eigenvalue weighted by Gasteiger charge is -2.05. The first-order valence-electron chi connectivity index (χ1n) is 3.34. The summed E-state index contributed by atoms with van der Waals surface area (Å²) in [6.45, 7) is 3.61. The molecule has 0 aliphatic heterocycles. The van der Waals surface area contributed by atoms with Crippen LogP contribution in [0.1, 0.15) is 5.56 Å². The van der Waals surface area contributed by atoms with Gasteiger partial charge in [-0.1, -0.05) is 35.9 Å². The fourth-order valence-electron chi connectivity index (χ4n) is 0.892. The molecule has 0 aliphatic carbocycles. The fraction of sp³-hybridized carbons (Fsp3) is 0.111. The minimum Gasteiger partial charge on any atom is -0.494 e. The van der Waals surface area contributed by atoms with Gasteiger partial charge in [0.2, 0.25) is 0 Å². The van der Waals surface area contributed by atoms with Gasteiger partial charge < -0.3 is 4.74 Å². The van der Waals surface area contributed by atoms with Gasteiger partial charge in [0.05, 0.1) is 17.2 Å². The van der Waals surface area contributed by atoms with Crippen molar-refractivity contribution < 1.29 is 4.74 Å². The van der Waals surface area contributed by atoms with Gasteiger partial charge >= 0.3 is 0 Å². The van der Waals surface area contributed by atoms with Crippen LogP contribution < -0.4 is 4.74 Å². The van der Waals surface area contributed by atoms with Crippen LogP contribution >= 0.6 is 23.2 Å². The maximum absolute atomic E-state index is 5.86. The summed E-state index contributed by atoms with van der Waals surface area (Å²) in [7, 11) is 1.53. The Bertz CT molecular complexity index is 284. The molecule has 0 aliphatic rings. The lowest BCUT2D eigenvalue weighted by atomic mass is 10.2. The molecule has 0 N–H and O–H groups in total. The van der Waals surface area contributed by atoms with Crippen LogP contribution in [0.2, 0.25) is 10.0 Å². The highest BCUT2D eigenvalue weighted by Crippen LogP contribution is 2.33. The number of benzene rings is 1. The van der Waals surface area contributed by atoms with Crippen LogP contribution in [-0.4, -0.2) is 7.11 Å². The van der Waals surface area contributed by atoms with E-state index in [2.05, 4.69) is 6.58 Å². The second-order valence-corrected chi connectivity index (χ2v) is 3.04. The van der Waals surface area contributed by atoms with Crippen molar-refractivity contribution in [2.75, 3.05) is 7.11 Å². The molecule has 0 radical (unpaired) electrons. The van der Waals surface area contributed by atoms with Gasteiger partial charge in [0, 0.05) is 0 Å². The van der Waals surface area contributed by atoms with E-state index < -0.39 is 0 Å². The van der Waals surface area contributed by atoms with E-state index in [1.807, 2.05) is 0 Å². The zero-order chi connectivity index (χ0) is 9.14. The van der Waals surface area contributed by atoms with Gasteiger partial charge in [-0.3, -0.25) is 0 Å². The van der Waals surface area contributed by atoms with Crippen LogP contribution in [0, 0.1) is 0 Å². The Balaban J connectivity index is 3.27. The molecule has 1 aromatic carbocycles. The van der Waals surface area contributed by atoms with E-state index in [0.717, 1.165) is 5.56 Å². The molecule has 0 aromatic heterocycles. The first kappa shape index (κ1) is 9.43. The molecule has 0 amide bonds. The Hall–Kier alpha value is -0.660. The lowest BCUT2D eigenvalue weighted by Crippen LogP contribution is -1.86. The number of ether oxygens (including phenoxy) is 1. The van der Waals surface area contributed by atoms with Crippen molar-refractivity contribution in [3.63, 3.8) is 0 Å². The Morgan fingerprint density at radius 3 is 2.17 bits per heavy atom. The number of hydrogen-bond donors (Lipinski definition) is 0. The van der Waals surface area contributed by atoms with E-state index in [9.17, 15) is 0 Å². The molecule has 0 saturated carbocycles. The van der Waals surface area contributed by atoms with Crippen LogP contribution in [0.15, 0.2) is 18.7 Å². The van der Waals surface area contributed by atoms with Gasteiger partial charge in [-0.05, 0) is 17.7 Å². The van der Waals surface area contributed by atoms with E-state index in [-0.39, 0.29) is 0 Å². The third kappa shape index (κ3) is 1.74. The number of methoxy groups -OCH3 is 1. The Morgan fingerprint density at radius 1 is 1.33 bits per heavy atom. The van der Waals surface area contributed by atoms with Crippen molar-refractivity contribution in [2.24, 2.45) is 0 Å². The molecule has 0 saturated heterocycles. The molecule has 0 spiro atoms. The molecule has 0 fully saturated rings. The minimum atomic E-state index is 0.500. The van der Waals surface area contributed by atoms with Crippen LogP contribution in [0.5, 0.6) is 5.75 Å². The number of hydrogen-bond acceptors (Lipinski definition) is 1. The molecule has 0 unspecified atom stereocenters. The van der Waals surface area contributed by atoms with Crippen molar-refractivity contribution in [1.82, 2.24) is 0 Å². The lowest BCUT2D eigenvalue weighted by molar-refractivity contribution is 0.415. The standard InChI is InChI=1S/C9H8Cl2O/c1-3-6-4-7(10)9(12-2)8(11)5-6/h3-5H,1H2,2H3. The number of halogens is 2. The fourth-order valence-corrected chi connectivity index (χ4v) is 1.55. The summed E-state index contributed by atoms with van der Waals surface area (Å²) in [5.74, 6) is 0.504. The Labute approximate surface area is 81.6 Å². The maximum atomic E-state index is 5.86. The average molecular weight is 203 g/mol. The van der Waals surface area contributed by atoms with E-state index in [1.165, 1.54) is 7.11 Å². The van der Waals surface area contributed by atoms with Crippen LogP contribution in [-0.2, 0) is 0 Å². The zero-order valence-electron chi connectivity index (χ0n) is 6.60. The molecule has 1 aromatic rings. The van der Waals surface area contributed by atoms with Gasteiger partial charge in [-0.25, -0.2) is 0 Å². The molecule has 1 rings (SSSR count). The van der Waals surface area contributed by atoms with Crippen LogP contribution in [0.4, 0.5) is 0 Å². The summed E-state index contributed by atoms with van der Waals surface area (Å²) in [4.78, 5) is 0. The highest BCUT2D eigenvalue weighted by atomic mass is 35.5. The second kappa shape index (κ2) is 3.83. The van der Waals surface area contributed by atoms with Crippen molar-refractivity contribution in [2.45, 2.75) is 0 Å². The molecule has 64 valence electrons. The normalized spacial score (nSPS) is 9.58. The molecule has 12 heavy (non-hydrogen) atoms. The molecular weight excluding hydrogens is 195 g/mol. The third-order valence-corrected chi connectivity index (χ3v) is 2.02. The van der Waals surface area contributed by atoms with E-state index >= 15 is 0 Å². The van der Waals surface area contributed by atoms with Gasteiger partial charge in [0.15, 0.2) is 5.75 Å². The Morgan fingerprint density at radius 2 is 1.83 bits per heavy atom. The van der Waals surface area contributed by atoms with Gasteiger partial charge in [-0.15, -0.1) is 0 Å². The van der Waals surface area contributed by atoms with Gasteiger partial charge in [0.1, 0.15) is 0 Å². The third-order valence-electron chi connectivity index (χ3n) is 1.46. The van der Waals surface area contributed by atoms with Crippen molar-refractivity contribution in [1.29, 1.82) is 0 Å². The smallest absolute Gasteiger partial charge is 0.156 e. The maximum Gasteiger partial charge on any atom is 0.156 e. The predicted octanol–water partition coefficient (Wildman–Crippen LogP) is 3.65. The van der Waals surface area contributed by atoms with Crippen molar-refractivity contribution in [3.05, 3.63) is 34.3 Å². The molecule has 0 atom stereocenters. The summed E-state index contributed by atoms with van der Waals surface area (Å²) in [5.41, 5.74) is 0.880. The van der Waals surface area contributed by atoms with Crippen molar-refractivity contribution >= 4 is 29.3 Å². The topological polar surface area (TPSA) is 9.23 Å². The molecule has 0 heterocycles. The highest BCUT2D eigenvalue weighted by Gasteiger charge is 2.06. The van der Waals surface area contributed by atoms with E-state index in [1.54, 1.807) is 18.2 Å². The summed E-state index contributed by atoms with van der Waals surface area (Å²) >= 11 is 11.7. The van der Waals surface area contributed by atoms with Gasteiger partial charge in [-0.2, -0.15) is 0 Å². The first-order valence-corrected chi connectivity index (χ1v) is 4.10. The summed E-state index contributed by atoms with van der Waals surface area (Å²) < 4.78 is 4.98. The predicted molar refractivity (Wildman–Crippen MR) is 53.1 cm³/mol. The largest absolute Gasteiger partial charge is 0.494 e. The molecule has 3 heteroatoms. The van der Waals surface area contributed by atoms with Crippen LogP contribution in [0.25, 0.3) is 6.08 Å². The quantitative estimate of drug-likeness (QED) is 0.712. The number of rotatable bonds is 2. The second-order valence-electron chi connectivity index (χ2n) is 2.22. The molecule has 0 bridgehead atoms. The van der Waals surface area contributed by atoms with Crippen molar-refractivity contribution in [3.8, 4) is 5.75 Å². The molecular formula is C9H8Cl2O. The van der Waals surface area contributed by atoms with E-state index in [4.69, 9.17) is 27.9 Å². The monoisotopic (exact) mass is 202 g/mol. The van der Waals surface area contributed by atoms with E-state index in [0.29, 0.717) is 15.8 Å². The summed E-state index contributed by atoms with van der Waals surface area (Å²) in [6, 6.07) is 3.50. The van der Waals surface area contributed by atoms with Gasteiger partial charge in [0.25, 0.3) is 0 Å². The minimum absolute atomic E-state index is 0.500. The SMILES string of the molecule is C=Cc1cc(Cl)c(OC)c(Cl)c1. The summed E-state index contributed by atoms with van der Waals surface area (Å²) in [6.07, 6.45) is 1.68.